The lowest BCUT2D eigenvalue weighted by Gasteiger charge is -2.13. The van der Waals surface area contributed by atoms with Crippen molar-refractivity contribution in [2.75, 3.05) is 18.5 Å². The van der Waals surface area contributed by atoms with Gasteiger partial charge in [-0.05, 0) is 13.8 Å². The predicted molar refractivity (Wildman–Crippen MR) is 106 cm³/mol. The van der Waals surface area contributed by atoms with Crippen LogP contribution in [0, 0.1) is 0 Å². The molecule has 0 atom stereocenters. The Hall–Kier alpha value is -3.75. The number of rotatable bonds is 7. The van der Waals surface area contributed by atoms with Crippen molar-refractivity contribution in [1.29, 1.82) is 0 Å². The second kappa shape index (κ2) is 8.96. The lowest BCUT2D eigenvalue weighted by molar-refractivity contribution is 0.0518. The summed E-state index contributed by atoms with van der Waals surface area (Å²) in [5, 5.41) is 7.13. The molecule has 2 aromatic heterocycles. The van der Waals surface area contributed by atoms with Crippen molar-refractivity contribution in [2.45, 2.75) is 13.8 Å². The number of hydrogen-bond donors (Lipinski definition) is 1. The zero-order chi connectivity index (χ0) is 20.8. The molecule has 0 bridgehead atoms. The number of ether oxygens (including phenoxy) is 2. The van der Waals surface area contributed by atoms with Crippen molar-refractivity contribution in [3.8, 4) is 11.4 Å². The normalized spacial score (nSPS) is 10.4. The maximum absolute atomic E-state index is 12.4. The molecule has 0 unspecified atom stereocenters. The third-order valence-electron chi connectivity index (χ3n) is 3.99. The van der Waals surface area contributed by atoms with Gasteiger partial charge in [0.15, 0.2) is 5.82 Å². The van der Waals surface area contributed by atoms with Crippen LogP contribution in [0.2, 0.25) is 0 Å². The molecule has 9 nitrogen and oxygen atoms in total. The van der Waals surface area contributed by atoms with Gasteiger partial charge in [-0.25, -0.2) is 19.6 Å². The molecule has 1 aromatic carbocycles. The molecular weight excluding hydrogens is 374 g/mol. The van der Waals surface area contributed by atoms with Gasteiger partial charge in [0.1, 0.15) is 22.8 Å². The van der Waals surface area contributed by atoms with E-state index in [2.05, 4.69) is 20.4 Å². The summed E-state index contributed by atoms with van der Waals surface area (Å²) in [5.74, 6) is -0.147. The van der Waals surface area contributed by atoms with E-state index in [9.17, 15) is 9.59 Å². The largest absolute Gasteiger partial charge is 0.462 e. The molecule has 0 aliphatic heterocycles. The van der Waals surface area contributed by atoms with Gasteiger partial charge in [-0.3, -0.25) is 4.68 Å². The van der Waals surface area contributed by atoms with Gasteiger partial charge in [-0.1, -0.05) is 30.3 Å². The number of esters is 2. The van der Waals surface area contributed by atoms with Crippen LogP contribution in [0.5, 0.6) is 0 Å². The van der Waals surface area contributed by atoms with Crippen LogP contribution in [-0.2, 0) is 16.5 Å². The molecule has 29 heavy (non-hydrogen) atoms. The number of hydrogen-bond acceptors (Lipinski definition) is 8. The average Bonchev–Trinajstić information content (AvgIpc) is 3.09. The Morgan fingerprint density at radius 2 is 1.66 bits per heavy atom. The molecule has 9 heteroatoms. The van der Waals surface area contributed by atoms with Crippen LogP contribution in [-0.4, -0.2) is 44.9 Å². The fourth-order valence-corrected chi connectivity index (χ4v) is 2.62. The second-order valence-corrected chi connectivity index (χ2v) is 5.92. The van der Waals surface area contributed by atoms with Crippen LogP contribution in [0.3, 0.4) is 0 Å². The number of nitrogens with zero attached hydrogens (tertiary/aromatic N) is 4. The number of benzene rings is 1. The minimum Gasteiger partial charge on any atom is -0.462 e. The van der Waals surface area contributed by atoms with E-state index in [4.69, 9.17) is 9.47 Å². The first-order chi connectivity index (χ1) is 14.0. The molecule has 0 fully saturated rings. The summed E-state index contributed by atoms with van der Waals surface area (Å²) >= 11 is 0. The molecule has 0 spiro atoms. The van der Waals surface area contributed by atoms with Crippen molar-refractivity contribution in [2.24, 2.45) is 7.05 Å². The lowest BCUT2D eigenvalue weighted by atomic mass is 10.2. The molecule has 0 saturated heterocycles. The molecule has 150 valence electrons. The first-order valence-electron chi connectivity index (χ1n) is 9.10. The SMILES string of the molecule is CCOC(=O)c1cnc(-c2ccccc2)nc1Nc1c(C(=O)OCC)cnn1C. The minimum absolute atomic E-state index is 0.141. The Kier molecular flexibility index (Phi) is 6.18. The second-order valence-electron chi connectivity index (χ2n) is 5.92. The van der Waals surface area contributed by atoms with E-state index >= 15 is 0 Å². The smallest absolute Gasteiger partial charge is 0.343 e. The maximum Gasteiger partial charge on any atom is 0.343 e. The summed E-state index contributed by atoms with van der Waals surface area (Å²) in [7, 11) is 1.66. The van der Waals surface area contributed by atoms with Crippen molar-refractivity contribution in [3.63, 3.8) is 0 Å². The number of aromatic nitrogens is 4. The van der Waals surface area contributed by atoms with Gasteiger partial charge in [0, 0.05) is 18.8 Å². The molecule has 1 N–H and O–H groups in total. The van der Waals surface area contributed by atoms with E-state index in [1.54, 1.807) is 20.9 Å². The third-order valence-corrected chi connectivity index (χ3v) is 3.99. The first kappa shape index (κ1) is 20.0. The van der Waals surface area contributed by atoms with Gasteiger partial charge in [0.2, 0.25) is 0 Å². The van der Waals surface area contributed by atoms with Crippen molar-refractivity contribution in [3.05, 3.63) is 53.9 Å². The van der Waals surface area contributed by atoms with Crippen LogP contribution in [0.1, 0.15) is 34.6 Å². The Balaban J connectivity index is 2.06. The lowest BCUT2D eigenvalue weighted by Crippen LogP contribution is -2.14. The van der Waals surface area contributed by atoms with E-state index in [-0.39, 0.29) is 30.2 Å². The molecule has 0 radical (unpaired) electrons. The standard InChI is InChI=1S/C20H21N5O4/c1-4-28-19(26)14-11-21-16(13-9-7-6-8-10-13)23-17(14)24-18-15(12-22-25(18)3)20(27)29-5-2/h6-12H,4-5H2,1-3H3,(H,21,23,24). The van der Waals surface area contributed by atoms with Gasteiger partial charge in [-0.15, -0.1) is 0 Å². The summed E-state index contributed by atoms with van der Waals surface area (Å²) in [5.41, 5.74) is 1.15. The fraction of sp³-hybridized carbons (Fsp3) is 0.250. The van der Waals surface area contributed by atoms with Gasteiger partial charge in [0.05, 0.1) is 19.4 Å². The van der Waals surface area contributed by atoms with Crippen LogP contribution < -0.4 is 5.32 Å². The zero-order valence-corrected chi connectivity index (χ0v) is 16.4. The molecule has 0 amide bonds. The summed E-state index contributed by atoms with van der Waals surface area (Å²) < 4.78 is 11.6. The zero-order valence-electron chi connectivity index (χ0n) is 16.4. The average molecular weight is 395 g/mol. The fourth-order valence-electron chi connectivity index (χ4n) is 2.62. The molecule has 3 rings (SSSR count). The highest BCUT2D eigenvalue weighted by molar-refractivity contribution is 5.98. The van der Waals surface area contributed by atoms with Gasteiger partial charge < -0.3 is 14.8 Å². The van der Waals surface area contributed by atoms with Crippen LogP contribution in [0.4, 0.5) is 11.6 Å². The van der Waals surface area contributed by atoms with E-state index in [1.165, 1.54) is 17.1 Å². The molecule has 0 aliphatic rings. The molecular formula is C20H21N5O4. The quantitative estimate of drug-likeness (QED) is 0.608. The number of carbonyl (C=O) groups excluding carboxylic acids is 2. The highest BCUT2D eigenvalue weighted by atomic mass is 16.5. The number of carbonyl (C=O) groups is 2. The van der Waals surface area contributed by atoms with E-state index in [0.29, 0.717) is 11.6 Å². The third kappa shape index (κ3) is 4.40. The van der Waals surface area contributed by atoms with Crippen molar-refractivity contribution in [1.82, 2.24) is 19.7 Å². The van der Waals surface area contributed by atoms with Crippen LogP contribution >= 0.6 is 0 Å². The molecule has 0 aliphatic carbocycles. The Morgan fingerprint density at radius 1 is 1.00 bits per heavy atom. The maximum atomic E-state index is 12.4. The Morgan fingerprint density at radius 3 is 2.31 bits per heavy atom. The Bertz CT molecular complexity index is 1020. The van der Waals surface area contributed by atoms with E-state index in [0.717, 1.165) is 5.56 Å². The van der Waals surface area contributed by atoms with Crippen LogP contribution in [0.25, 0.3) is 11.4 Å². The van der Waals surface area contributed by atoms with Crippen molar-refractivity contribution >= 4 is 23.6 Å². The Labute approximate surface area is 167 Å². The first-order valence-corrected chi connectivity index (χ1v) is 9.10. The number of anilines is 2. The topological polar surface area (TPSA) is 108 Å². The van der Waals surface area contributed by atoms with Gasteiger partial charge >= 0.3 is 11.9 Å². The summed E-state index contributed by atoms with van der Waals surface area (Å²) in [4.78, 5) is 33.4. The number of nitrogens with one attached hydrogen (secondary N) is 1. The van der Waals surface area contributed by atoms with E-state index < -0.39 is 11.9 Å². The summed E-state index contributed by atoms with van der Waals surface area (Å²) in [6.07, 6.45) is 2.79. The summed E-state index contributed by atoms with van der Waals surface area (Å²) in [6.45, 7) is 3.87. The molecule has 0 saturated carbocycles. The minimum atomic E-state index is -0.575. The van der Waals surface area contributed by atoms with E-state index in [1.807, 2.05) is 30.3 Å². The van der Waals surface area contributed by atoms with Gasteiger partial charge in [0.25, 0.3) is 0 Å². The number of aryl methyl sites for hydroxylation is 1. The highest BCUT2D eigenvalue weighted by Gasteiger charge is 2.22. The monoisotopic (exact) mass is 395 g/mol. The summed E-state index contributed by atoms with van der Waals surface area (Å²) in [6, 6.07) is 9.33. The molecule has 3 aromatic rings. The highest BCUT2D eigenvalue weighted by Crippen LogP contribution is 2.25. The molecule has 2 heterocycles. The van der Waals surface area contributed by atoms with Gasteiger partial charge in [-0.2, -0.15) is 5.10 Å². The van der Waals surface area contributed by atoms with Crippen LogP contribution in [0.15, 0.2) is 42.7 Å². The van der Waals surface area contributed by atoms with Crippen molar-refractivity contribution < 1.29 is 19.1 Å². The predicted octanol–water partition coefficient (Wildman–Crippen LogP) is 2.97.